The van der Waals surface area contributed by atoms with E-state index in [2.05, 4.69) is 21.2 Å². The van der Waals surface area contributed by atoms with Crippen LogP contribution in [-0.4, -0.2) is 17.0 Å². The molecule has 2 aliphatic carbocycles. The number of aliphatic carboxylic acids is 1. The molecule has 0 aromatic heterocycles. The fraction of sp³-hybridized carbons (Fsp3) is 0.333. The minimum Gasteiger partial charge on any atom is -0.481 e. The number of halogens is 1. The molecule has 104 valence electrons. The van der Waals surface area contributed by atoms with E-state index in [0.29, 0.717) is 5.69 Å². The maximum absolute atomic E-state index is 12.4. The van der Waals surface area contributed by atoms with Crippen LogP contribution in [0.25, 0.3) is 0 Å². The Balaban J connectivity index is 1.80. The van der Waals surface area contributed by atoms with Gasteiger partial charge in [-0.25, -0.2) is 0 Å². The zero-order valence-electron chi connectivity index (χ0n) is 10.6. The zero-order chi connectivity index (χ0) is 14.3. The lowest BCUT2D eigenvalue weighted by Crippen LogP contribution is -2.36. The predicted octanol–water partition coefficient (Wildman–Crippen LogP) is 2.91. The molecule has 1 saturated carbocycles. The van der Waals surface area contributed by atoms with Gasteiger partial charge in [-0.2, -0.15) is 0 Å². The zero-order valence-corrected chi connectivity index (χ0v) is 12.2. The van der Waals surface area contributed by atoms with E-state index in [-0.39, 0.29) is 17.7 Å². The molecule has 1 amide bonds. The molecule has 2 aliphatic rings. The van der Waals surface area contributed by atoms with Crippen molar-refractivity contribution < 1.29 is 14.7 Å². The number of anilines is 1. The Kier molecular flexibility index (Phi) is 3.38. The molecule has 2 bridgehead atoms. The Morgan fingerprint density at radius 1 is 1.20 bits per heavy atom. The number of carboxylic acid groups (broad SMARTS) is 1. The summed E-state index contributed by atoms with van der Waals surface area (Å²) >= 11 is 3.35. The normalized spacial score (nSPS) is 30.4. The average Bonchev–Trinajstić information content (AvgIpc) is 2.98. The summed E-state index contributed by atoms with van der Waals surface area (Å²) in [5.74, 6) is -2.11. The van der Waals surface area contributed by atoms with Crippen molar-refractivity contribution in [1.82, 2.24) is 0 Å². The molecular formula is C15H14BrNO3. The molecule has 0 unspecified atom stereocenters. The first-order chi connectivity index (χ1) is 9.56. The summed E-state index contributed by atoms with van der Waals surface area (Å²) in [7, 11) is 0. The Morgan fingerprint density at radius 3 is 2.55 bits per heavy atom. The van der Waals surface area contributed by atoms with Gasteiger partial charge >= 0.3 is 5.97 Å². The topological polar surface area (TPSA) is 66.4 Å². The molecule has 0 heterocycles. The standard InChI is InChI=1S/C15H14BrNO3/c16-10-2-1-3-11(7-10)17-14(18)12-8-4-5-9(6-8)13(12)15(19)20/h1-5,7-9,12-13H,6H2,(H,17,18)(H,19,20)/t8-,9+,12-,13+/m1/s1. The minimum atomic E-state index is -0.878. The summed E-state index contributed by atoms with van der Waals surface area (Å²) < 4.78 is 0.873. The number of carboxylic acids is 1. The molecule has 4 nitrogen and oxygen atoms in total. The molecule has 0 spiro atoms. The highest BCUT2D eigenvalue weighted by Crippen LogP contribution is 2.48. The molecule has 1 aromatic rings. The predicted molar refractivity (Wildman–Crippen MR) is 78.1 cm³/mol. The Bertz CT molecular complexity index is 599. The van der Waals surface area contributed by atoms with Crippen molar-refractivity contribution in [3.8, 4) is 0 Å². The summed E-state index contributed by atoms with van der Waals surface area (Å²) in [5.41, 5.74) is 0.681. The molecule has 5 heteroatoms. The average molecular weight is 336 g/mol. The van der Waals surface area contributed by atoms with Gasteiger partial charge in [0.15, 0.2) is 0 Å². The maximum Gasteiger partial charge on any atom is 0.307 e. The van der Waals surface area contributed by atoms with Crippen LogP contribution in [0, 0.1) is 23.7 Å². The lowest BCUT2D eigenvalue weighted by atomic mass is 9.82. The van der Waals surface area contributed by atoms with Crippen molar-refractivity contribution in [3.63, 3.8) is 0 Å². The Hall–Kier alpha value is -1.62. The molecule has 4 atom stereocenters. The third-order valence-electron chi connectivity index (χ3n) is 4.14. The summed E-state index contributed by atoms with van der Waals surface area (Å²) in [6, 6.07) is 7.29. The fourth-order valence-corrected chi connectivity index (χ4v) is 3.71. The molecule has 3 rings (SSSR count). The van der Waals surface area contributed by atoms with Crippen LogP contribution in [0.4, 0.5) is 5.69 Å². The van der Waals surface area contributed by atoms with Crippen molar-refractivity contribution in [2.24, 2.45) is 23.7 Å². The van der Waals surface area contributed by atoms with Crippen LogP contribution < -0.4 is 5.32 Å². The first-order valence-corrected chi connectivity index (χ1v) is 7.33. The van der Waals surface area contributed by atoms with Gasteiger partial charge < -0.3 is 10.4 Å². The highest BCUT2D eigenvalue weighted by atomic mass is 79.9. The first kappa shape index (κ1) is 13.4. The number of nitrogens with one attached hydrogen (secondary N) is 1. The number of allylic oxidation sites excluding steroid dienone is 2. The van der Waals surface area contributed by atoms with Crippen molar-refractivity contribution in [3.05, 3.63) is 40.9 Å². The van der Waals surface area contributed by atoms with Crippen LogP contribution in [-0.2, 0) is 9.59 Å². The number of hydrogen-bond donors (Lipinski definition) is 2. The number of benzene rings is 1. The molecule has 20 heavy (non-hydrogen) atoms. The largest absolute Gasteiger partial charge is 0.481 e. The van der Waals surface area contributed by atoms with E-state index >= 15 is 0 Å². The number of carbonyl (C=O) groups excluding carboxylic acids is 1. The summed E-state index contributed by atoms with van der Waals surface area (Å²) in [6.07, 6.45) is 4.69. The number of carbonyl (C=O) groups is 2. The van der Waals surface area contributed by atoms with Crippen LogP contribution in [0.3, 0.4) is 0 Å². The highest BCUT2D eigenvalue weighted by Gasteiger charge is 2.51. The van der Waals surface area contributed by atoms with Crippen LogP contribution in [0.2, 0.25) is 0 Å². The third-order valence-corrected chi connectivity index (χ3v) is 4.63. The van der Waals surface area contributed by atoms with Crippen LogP contribution >= 0.6 is 15.9 Å². The summed E-state index contributed by atoms with van der Waals surface area (Å²) in [6.45, 7) is 0. The van der Waals surface area contributed by atoms with Gasteiger partial charge in [0, 0.05) is 10.2 Å². The van der Waals surface area contributed by atoms with E-state index in [1.807, 2.05) is 24.3 Å². The maximum atomic E-state index is 12.4. The quantitative estimate of drug-likeness (QED) is 0.834. The van der Waals surface area contributed by atoms with Gasteiger partial charge in [-0.05, 0) is 36.5 Å². The van der Waals surface area contributed by atoms with Gasteiger partial charge in [-0.3, -0.25) is 9.59 Å². The van der Waals surface area contributed by atoms with Gasteiger partial charge in [0.2, 0.25) is 5.91 Å². The van der Waals surface area contributed by atoms with E-state index in [9.17, 15) is 14.7 Å². The monoisotopic (exact) mass is 335 g/mol. The Labute approximate surface area is 125 Å². The second-order valence-corrected chi connectivity index (χ2v) is 6.25. The SMILES string of the molecule is O=C(O)[C@@H]1[C@H](C(=O)Nc2cccc(Br)c2)[C@@H]2C=C[C@H]1C2. The molecule has 1 aromatic carbocycles. The fourth-order valence-electron chi connectivity index (χ4n) is 3.31. The lowest BCUT2D eigenvalue weighted by molar-refractivity contribution is -0.146. The van der Waals surface area contributed by atoms with Gasteiger partial charge in [0.25, 0.3) is 0 Å². The van der Waals surface area contributed by atoms with E-state index in [1.165, 1.54) is 0 Å². The van der Waals surface area contributed by atoms with E-state index < -0.39 is 17.8 Å². The van der Waals surface area contributed by atoms with Crippen LogP contribution in [0.5, 0.6) is 0 Å². The molecular weight excluding hydrogens is 322 g/mol. The second-order valence-electron chi connectivity index (χ2n) is 5.34. The minimum absolute atomic E-state index is 0.00393. The first-order valence-electron chi connectivity index (χ1n) is 6.54. The van der Waals surface area contributed by atoms with Crippen LogP contribution in [0.15, 0.2) is 40.9 Å². The molecule has 0 radical (unpaired) electrons. The van der Waals surface area contributed by atoms with Crippen LogP contribution in [0.1, 0.15) is 6.42 Å². The number of rotatable bonds is 3. The number of hydrogen-bond acceptors (Lipinski definition) is 2. The van der Waals surface area contributed by atoms with Crippen molar-refractivity contribution in [1.29, 1.82) is 0 Å². The lowest BCUT2D eigenvalue weighted by Gasteiger charge is -2.23. The van der Waals surface area contributed by atoms with E-state index in [1.54, 1.807) is 12.1 Å². The van der Waals surface area contributed by atoms with Crippen molar-refractivity contribution >= 4 is 33.5 Å². The smallest absolute Gasteiger partial charge is 0.307 e. The number of fused-ring (bicyclic) bond motifs is 2. The second kappa shape index (κ2) is 5.05. The van der Waals surface area contributed by atoms with Gasteiger partial charge in [-0.15, -0.1) is 0 Å². The van der Waals surface area contributed by atoms with Gasteiger partial charge in [0.05, 0.1) is 11.8 Å². The van der Waals surface area contributed by atoms with E-state index in [4.69, 9.17) is 0 Å². The molecule has 0 saturated heterocycles. The van der Waals surface area contributed by atoms with Gasteiger partial charge in [0.1, 0.15) is 0 Å². The number of amides is 1. The van der Waals surface area contributed by atoms with Gasteiger partial charge in [-0.1, -0.05) is 34.1 Å². The summed E-state index contributed by atoms with van der Waals surface area (Å²) in [4.78, 5) is 23.8. The molecule has 0 aliphatic heterocycles. The third kappa shape index (κ3) is 2.26. The van der Waals surface area contributed by atoms with Crippen molar-refractivity contribution in [2.45, 2.75) is 6.42 Å². The highest BCUT2D eigenvalue weighted by molar-refractivity contribution is 9.10. The molecule has 1 fully saturated rings. The molecule has 2 N–H and O–H groups in total. The summed E-state index contributed by atoms with van der Waals surface area (Å²) in [5, 5.41) is 12.2. The Morgan fingerprint density at radius 2 is 1.90 bits per heavy atom. The van der Waals surface area contributed by atoms with E-state index in [0.717, 1.165) is 10.9 Å². The van der Waals surface area contributed by atoms with Crippen molar-refractivity contribution in [2.75, 3.05) is 5.32 Å².